The molecule has 1 aromatic heterocycles. The maximum atomic E-state index is 4.99. The van der Waals surface area contributed by atoms with Gasteiger partial charge in [0, 0.05) is 18.4 Å². The molecule has 3 nitrogen and oxygen atoms in total. The van der Waals surface area contributed by atoms with Gasteiger partial charge in [-0.15, -0.1) is 0 Å². The molecular formula is C17H28IN3. The minimum Gasteiger partial charge on any atom is -0.372 e. The number of nitrogens with zero attached hydrogens (tertiary/aromatic N) is 2. The van der Waals surface area contributed by atoms with Gasteiger partial charge in [-0.05, 0) is 35.4 Å². The lowest BCUT2D eigenvalue weighted by molar-refractivity contribution is 0.438. The molecule has 1 N–H and O–H groups in total. The molecule has 118 valence electrons. The molecule has 0 aliphatic heterocycles. The summed E-state index contributed by atoms with van der Waals surface area (Å²) in [6, 6.07) is 0. The van der Waals surface area contributed by atoms with Crippen molar-refractivity contribution >= 4 is 28.4 Å². The first kappa shape index (κ1) is 17.0. The predicted molar refractivity (Wildman–Crippen MR) is 98.1 cm³/mol. The van der Waals surface area contributed by atoms with Gasteiger partial charge in [-0.2, -0.15) is 0 Å². The fourth-order valence-corrected chi connectivity index (χ4v) is 4.34. The highest BCUT2D eigenvalue weighted by molar-refractivity contribution is 14.1. The molecule has 0 unspecified atom stereocenters. The molecule has 0 saturated heterocycles. The molecule has 1 heterocycles. The predicted octanol–water partition coefficient (Wildman–Crippen LogP) is 5.25. The first-order valence-corrected chi connectivity index (χ1v) is 9.27. The third-order valence-corrected chi connectivity index (χ3v) is 5.31. The van der Waals surface area contributed by atoms with Gasteiger partial charge in [-0.3, -0.25) is 0 Å². The molecule has 0 atom stereocenters. The number of nitrogens with one attached hydrogen (secondary N) is 1. The Hall–Kier alpha value is -0.390. The van der Waals surface area contributed by atoms with Crippen LogP contribution >= 0.6 is 22.6 Å². The van der Waals surface area contributed by atoms with Gasteiger partial charge in [0.1, 0.15) is 11.6 Å². The van der Waals surface area contributed by atoms with Crippen LogP contribution < -0.4 is 5.32 Å². The lowest BCUT2D eigenvalue weighted by atomic mass is 9.89. The smallest absolute Gasteiger partial charge is 0.143 e. The van der Waals surface area contributed by atoms with E-state index in [0.717, 1.165) is 15.2 Å². The SMILES string of the molecule is CNc1nc(C2CCCCCCC2)nc(C(C)(C)C)c1I. The fraction of sp³-hybridized carbons (Fsp3) is 0.765. The van der Waals surface area contributed by atoms with Crippen molar-refractivity contribution in [2.45, 2.75) is 77.0 Å². The Kier molecular flexibility index (Phi) is 5.86. The summed E-state index contributed by atoms with van der Waals surface area (Å²) < 4.78 is 1.16. The molecule has 1 aliphatic carbocycles. The molecular weight excluding hydrogens is 373 g/mol. The zero-order valence-electron chi connectivity index (χ0n) is 13.8. The minimum atomic E-state index is 0.0570. The van der Waals surface area contributed by atoms with E-state index in [-0.39, 0.29) is 5.41 Å². The summed E-state index contributed by atoms with van der Waals surface area (Å²) in [5, 5.41) is 3.26. The molecule has 4 heteroatoms. The molecule has 1 fully saturated rings. The van der Waals surface area contributed by atoms with Crippen LogP contribution in [-0.2, 0) is 5.41 Å². The van der Waals surface area contributed by atoms with Gasteiger partial charge in [0.05, 0.1) is 9.26 Å². The van der Waals surface area contributed by atoms with Crippen LogP contribution in [0.15, 0.2) is 0 Å². The standard InChI is InChI=1S/C17H28IN3/c1-17(2,3)14-13(18)16(19-4)21-15(20-14)12-10-8-6-5-7-9-11-12/h12H,5-11H2,1-4H3,(H,19,20,21). The van der Waals surface area contributed by atoms with E-state index in [9.17, 15) is 0 Å². The number of rotatable bonds is 2. The van der Waals surface area contributed by atoms with Gasteiger partial charge in [0.2, 0.25) is 0 Å². The van der Waals surface area contributed by atoms with Crippen LogP contribution in [0.2, 0.25) is 0 Å². The van der Waals surface area contributed by atoms with Crippen LogP contribution in [-0.4, -0.2) is 17.0 Å². The maximum absolute atomic E-state index is 4.99. The lowest BCUT2D eigenvalue weighted by Crippen LogP contribution is -2.20. The second-order valence-electron chi connectivity index (χ2n) is 7.14. The van der Waals surface area contributed by atoms with Crippen molar-refractivity contribution in [2.75, 3.05) is 12.4 Å². The van der Waals surface area contributed by atoms with E-state index in [1.54, 1.807) is 0 Å². The van der Waals surface area contributed by atoms with Crippen molar-refractivity contribution < 1.29 is 0 Å². The van der Waals surface area contributed by atoms with Crippen LogP contribution in [0, 0.1) is 3.57 Å². The Labute approximate surface area is 142 Å². The Morgan fingerprint density at radius 2 is 1.57 bits per heavy atom. The van der Waals surface area contributed by atoms with Gasteiger partial charge in [-0.25, -0.2) is 9.97 Å². The van der Waals surface area contributed by atoms with E-state index in [4.69, 9.17) is 9.97 Å². The second kappa shape index (κ2) is 7.25. The number of anilines is 1. The van der Waals surface area contributed by atoms with Crippen LogP contribution in [0.3, 0.4) is 0 Å². The highest BCUT2D eigenvalue weighted by Crippen LogP contribution is 2.34. The Balaban J connectivity index is 2.38. The molecule has 0 bridgehead atoms. The Morgan fingerprint density at radius 3 is 2.10 bits per heavy atom. The van der Waals surface area contributed by atoms with E-state index in [1.807, 2.05) is 7.05 Å². The summed E-state index contributed by atoms with van der Waals surface area (Å²) in [7, 11) is 1.96. The number of hydrogen-bond acceptors (Lipinski definition) is 3. The number of aromatic nitrogens is 2. The lowest BCUT2D eigenvalue weighted by Gasteiger charge is -2.25. The number of hydrogen-bond donors (Lipinski definition) is 1. The topological polar surface area (TPSA) is 37.8 Å². The zero-order chi connectivity index (χ0) is 15.5. The third kappa shape index (κ3) is 4.30. The van der Waals surface area contributed by atoms with E-state index >= 15 is 0 Å². The summed E-state index contributed by atoms with van der Waals surface area (Å²) >= 11 is 2.38. The average molecular weight is 401 g/mol. The molecule has 1 aliphatic rings. The first-order valence-electron chi connectivity index (χ1n) is 8.19. The summed E-state index contributed by atoms with van der Waals surface area (Å²) in [6.45, 7) is 6.70. The van der Waals surface area contributed by atoms with Crippen LogP contribution in [0.4, 0.5) is 5.82 Å². The molecule has 1 saturated carbocycles. The van der Waals surface area contributed by atoms with Crippen molar-refractivity contribution in [2.24, 2.45) is 0 Å². The summed E-state index contributed by atoms with van der Waals surface area (Å²) in [5.41, 5.74) is 1.24. The van der Waals surface area contributed by atoms with Crippen molar-refractivity contribution in [1.29, 1.82) is 0 Å². The minimum absolute atomic E-state index is 0.0570. The van der Waals surface area contributed by atoms with Crippen molar-refractivity contribution in [3.8, 4) is 0 Å². The third-order valence-electron chi connectivity index (χ3n) is 4.29. The highest BCUT2D eigenvalue weighted by atomic mass is 127. The maximum Gasteiger partial charge on any atom is 0.143 e. The molecule has 21 heavy (non-hydrogen) atoms. The van der Waals surface area contributed by atoms with Crippen molar-refractivity contribution in [1.82, 2.24) is 9.97 Å². The van der Waals surface area contributed by atoms with Crippen LogP contribution in [0.25, 0.3) is 0 Å². The second-order valence-corrected chi connectivity index (χ2v) is 8.21. The molecule has 0 radical (unpaired) electrons. The highest BCUT2D eigenvalue weighted by Gasteiger charge is 2.25. The normalized spacial score (nSPS) is 18.1. The van der Waals surface area contributed by atoms with E-state index in [2.05, 4.69) is 48.7 Å². The van der Waals surface area contributed by atoms with Gasteiger partial charge in [0.15, 0.2) is 0 Å². The average Bonchev–Trinajstić information content (AvgIpc) is 2.37. The summed E-state index contributed by atoms with van der Waals surface area (Å²) in [6.07, 6.45) is 9.26. The molecule has 2 rings (SSSR count). The van der Waals surface area contributed by atoms with Gasteiger partial charge in [-0.1, -0.05) is 52.9 Å². The molecule has 0 amide bonds. The quantitative estimate of drug-likeness (QED) is 0.688. The van der Waals surface area contributed by atoms with Crippen LogP contribution in [0.1, 0.15) is 83.2 Å². The van der Waals surface area contributed by atoms with Gasteiger partial charge < -0.3 is 5.32 Å². The van der Waals surface area contributed by atoms with Gasteiger partial charge >= 0.3 is 0 Å². The monoisotopic (exact) mass is 401 g/mol. The summed E-state index contributed by atoms with van der Waals surface area (Å²) in [5.74, 6) is 2.59. The summed E-state index contributed by atoms with van der Waals surface area (Å²) in [4.78, 5) is 9.82. The Bertz CT molecular complexity index is 472. The van der Waals surface area contributed by atoms with E-state index in [1.165, 1.54) is 50.6 Å². The number of halogens is 1. The van der Waals surface area contributed by atoms with Gasteiger partial charge in [0.25, 0.3) is 0 Å². The van der Waals surface area contributed by atoms with Crippen molar-refractivity contribution in [3.63, 3.8) is 0 Å². The van der Waals surface area contributed by atoms with E-state index in [0.29, 0.717) is 5.92 Å². The molecule has 0 aromatic carbocycles. The van der Waals surface area contributed by atoms with Crippen LogP contribution in [0.5, 0.6) is 0 Å². The zero-order valence-corrected chi connectivity index (χ0v) is 16.0. The first-order chi connectivity index (χ1) is 9.93. The van der Waals surface area contributed by atoms with E-state index < -0.39 is 0 Å². The van der Waals surface area contributed by atoms with Crippen molar-refractivity contribution in [3.05, 3.63) is 15.1 Å². The fourth-order valence-electron chi connectivity index (χ4n) is 3.02. The largest absolute Gasteiger partial charge is 0.372 e. The Morgan fingerprint density at radius 1 is 1.00 bits per heavy atom. The molecule has 0 spiro atoms. The molecule has 1 aromatic rings.